The van der Waals surface area contributed by atoms with E-state index in [-0.39, 0.29) is 29.6 Å². The number of hydrogen-bond acceptors (Lipinski definition) is 4. The van der Waals surface area contributed by atoms with E-state index in [9.17, 15) is 0 Å². The highest BCUT2D eigenvalue weighted by molar-refractivity contribution is 14.0. The molecule has 0 aromatic carbocycles. The quantitative estimate of drug-likeness (QED) is 0.349. The normalized spacial score (nSPS) is 23.1. The van der Waals surface area contributed by atoms with E-state index in [0.29, 0.717) is 12.6 Å². The van der Waals surface area contributed by atoms with Crippen molar-refractivity contribution >= 4 is 29.9 Å². The molecule has 2 fully saturated rings. The molecule has 2 aliphatic rings. The van der Waals surface area contributed by atoms with Gasteiger partial charge in [-0.1, -0.05) is 6.07 Å². The predicted octanol–water partition coefficient (Wildman–Crippen LogP) is 3.65. The van der Waals surface area contributed by atoms with Crippen molar-refractivity contribution in [2.45, 2.75) is 70.6 Å². The zero-order chi connectivity index (χ0) is 18.2. The van der Waals surface area contributed by atoms with Crippen LogP contribution < -0.4 is 15.4 Å². The number of nitrogens with zero attached hydrogens (tertiary/aromatic N) is 2. The Kier molecular flexibility index (Phi) is 9.08. The fraction of sp³-hybridized carbons (Fsp3) is 0.700. The average molecular weight is 488 g/mol. The molecular formula is C20H33IN4O2. The van der Waals surface area contributed by atoms with Crippen LogP contribution in [0.15, 0.2) is 23.3 Å². The van der Waals surface area contributed by atoms with E-state index >= 15 is 0 Å². The summed E-state index contributed by atoms with van der Waals surface area (Å²) < 4.78 is 11.7. The third-order valence-electron chi connectivity index (χ3n) is 5.08. The molecule has 1 aromatic heterocycles. The number of guanidine groups is 1. The van der Waals surface area contributed by atoms with Gasteiger partial charge >= 0.3 is 0 Å². The van der Waals surface area contributed by atoms with E-state index in [4.69, 9.17) is 9.47 Å². The van der Waals surface area contributed by atoms with Gasteiger partial charge in [-0.15, -0.1) is 24.0 Å². The van der Waals surface area contributed by atoms with Crippen molar-refractivity contribution in [1.29, 1.82) is 0 Å². The van der Waals surface area contributed by atoms with Gasteiger partial charge in [0.1, 0.15) is 6.10 Å². The van der Waals surface area contributed by atoms with Crippen LogP contribution >= 0.6 is 24.0 Å². The fourth-order valence-electron chi connectivity index (χ4n) is 3.51. The number of aliphatic imine (C=N–C) groups is 1. The van der Waals surface area contributed by atoms with Gasteiger partial charge in [0.25, 0.3) is 0 Å². The van der Waals surface area contributed by atoms with Crippen molar-refractivity contribution < 1.29 is 9.47 Å². The minimum Gasteiger partial charge on any atom is -0.474 e. The van der Waals surface area contributed by atoms with E-state index in [1.54, 1.807) is 0 Å². The maximum absolute atomic E-state index is 5.92. The molecule has 0 radical (unpaired) electrons. The summed E-state index contributed by atoms with van der Waals surface area (Å²) in [5.41, 5.74) is 0.987. The van der Waals surface area contributed by atoms with Crippen molar-refractivity contribution in [1.82, 2.24) is 15.6 Å². The summed E-state index contributed by atoms with van der Waals surface area (Å²) in [5.74, 6) is 1.54. The minimum absolute atomic E-state index is 0. The molecule has 152 valence electrons. The van der Waals surface area contributed by atoms with Gasteiger partial charge in [-0.2, -0.15) is 0 Å². The van der Waals surface area contributed by atoms with Gasteiger partial charge in [0.15, 0.2) is 5.96 Å². The largest absolute Gasteiger partial charge is 0.474 e. The molecule has 1 unspecified atom stereocenters. The van der Waals surface area contributed by atoms with E-state index in [1.165, 1.54) is 12.8 Å². The van der Waals surface area contributed by atoms with Crippen LogP contribution in [0, 0.1) is 0 Å². The second kappa shape index (κ2) is 11.0. The fourth-order valence-corrected chi connectivity index (χ4v) is 3.51. The van der Waals surface area contributed by atoms with E-state index in [2.05, 4.69) is 34.5 Å². The summed E-state index contributed by atoms with van der Waals surface area (Å²) in [4.78, 5) is 9.10. The topological polar surface area (TPSA) is 67.8 Å². The van der Waals surface area contributed by atoms with Gasteiger partial charge in [-0.05, 0) is 57.9 Å². The van der Waals surface area contributed by atoms with Crippen LogP contribution in [0.4, 0.5) is 0 Å². The first kappa shape index (κ1) is 22.2. The van der Waals surface area contributed by atoms with E-state index < -0.39 is 0 Å². The minimum atomic E-state index is -0.0863. The Morgan fingerprint density at radius 2 is 2.11 bits per heavy atom. The summed E-state index contributed by atoms with van der Waals surface area (Å²) in [6, 6.07) is 4.00. The summed E-state index contributed by atoms with van der Waals surface area (Å²) in [6.45, 7) is 7.27. The molecule has 1 aliphatic heterocycles. The molecule has 1 aromatic rings. The third kappa shape index (κ3) is 7.10. The van der Waals surface area contributed by atoms with Gasteiger partial charge in [0.2, 0.25) is 5.88 Å². The Labute approximate surface area is 179 Å². The van der Waals surface area contributed by atoms with Gasteiger partial charge in [-0.3, -0.25) is 0 Å². The highest BCUT2D eigenvalue weighted by Crippen LogP contribution is 2.24. The first-order valence-electron chi connectivity index (χ1n) is 9.94. The first-order chi connectivity index (χ1) is 12.7. The molecule has 2 heterocycles. The molecule has 27 heavy (non-hydrogen) atoms. The Hall–Kier alpha value is -1.09. The monoisotopic (exact) mass is 488 g/mol. The second-order valence-corrected chi connectivity index (χ2v) is 7.48. The van der Waals surface area contributed by atoms with Crippen molar-refractivity contribution in [3.05, 3.63) is 23.9 Å². The zero-order valence-corrected chi connectivity index (χ0v) is 18.8. The summed E-state index contributed by atoms with van der Waals surface area (Å²) in [7, 11) is 0. The number of pyridine rings is 1. The summed E-state index contributed by atoms with van der Waals surface area (Å²) in [5, 5.41) is 6.69. The zero-order valence-electron chi connectivity index (χ0n) is 16.5. The molecule has 6 nitrogen and oxygen atoms in total. The molecule has 7 heteroatoms. The SMILES string of the molecule is CCNC(=NCc1ccc(OC2CCCC2)nc1)NCC1(C)CCCO1.I. The lowest BCUT2D eigenvalue weighted by molar-refractivity contribution is 0.0243. The molecule has 0 spiro atoms. The maximum Gasteiger partial charge on any atom is 0.213 e. The molecule has 1 saturated heterocycles. The van der Waals surface area contributed by atoms with Crippen LogP contribution in [-0.2, 0) is 11.3 Å². The Morgan fingerprint density at radius 3 is 2.74 bits per heavy atom. The molecule has 1 aliphatic carbocycles. The van der Waals surface area contributed by atoms with Crippen LogP contribution in [0.25, 0.3) is 0 Å². The lowest BCUT2D eigenvalue weighted by Crippen LogP contribution is -2.45. The van der Waals surface area contributed by atoms with Crippen LogP contribution in [0.2, 0.25) is 0 Å². The van der Waals surface area contributed by atoms with Gasteiger partial charge in [-0.25, -0.2) is 9.98 Å². The van der Waals surface area contributed by atoms with Crippen LogP contribution in [0.1, 0.15) is 57.9 Å². The molecule has 2 N–H and O–H groups in total. The number of hydrogen-bond donors (Lipinski definition) is 2. The number of nitrogens with one attached hydrogen (secondary N) is 2. The van der Waals surface area contributed by atoms with Crippen LogP contribution in [0.3, 0.4) is 0 Å². The lowest BCUT2D eigenvalue weighted by atomic mass is 10.0. The molecule has 3 rings (SSSR count). The number of halogens is 1. The van der Waals surface area contributed by atoms with Crippen molar-refractivity contribution in [3.8, 4) is 5.88 Å². The van der Waals surface area contributed by atoms with Crippen LogP contribution in [-0.4, -0.2) is 42.3 Å². The highest BCUT2D eigenvalue weighted by atomic mass is 127. The van der Waals surface area contributed by atoms with Crippen molar-refractivity contribution in [2.24, 2.45) is 4.99 Å². The Bertz CT molecular complexity index is 582. The van der Waals surface area contributed by atoms with Gasteiger partial charge in [0, 0.05) is 32.0 Å². The Morgan fingerprint density at radius 1 is 1.30 bits per heavy atom. The summed E-state index contributed by atoms with van der Waals surface area (Å²) in [6.07, 6.45) is 9.25. The number of rotatable bonds is 7. The number of aromatic nitrogens is 1. The average Bonchev–Trinajstić information content (AvgIpc) is 3.31. The van der Waals surface area contributed by atoms with E-state index in [0.717, 1.165) is 62.8 Å². The lowest BCUT2D eigenvalue weighted by Gasteiger charge is -2.24. The molecule has 1 atom stereocenters. The smallest absolute Gasteiger partial charge is 0.213 e. The van der Waals surface area contributed by atoms with Crippen LogP contribution in [0.5, 0.6) is 5.88 Å². The maximum atomic E-state index is 5.92. The van der Waals surface area contributed by atoms with E-state index in [1.807, 2.05) is 18.3 Å². The first-order valence-corrected chi connectivity index (χ1v) is 9.94. The van der Waals surface area contributed by atoms with Gasteiger partial charge in [0.05, 0.1) is 12.1 Å². The van der Waals surface area contributed by atoms with Gasteiger partial charge < -0.3 is 20.1 Å². The highest BCUT2D eigenvalue weighted by Gasteiger charge is 2.29. The molecule has 0 bridgehead atoms. The number of ether oxygens (including phenoxy) is 2. The molecular weight excluding hydrogens is 455 g/mol. The third-order valence-corrected chi connectivity index (χ3v) is 5.08. The standard InChI is InChI=1S/C20H32N4O2.HI/c1-3-21-19(24-15-20(2)11-6-12-25-20)23-14-16-9-10-18(22-13-16)26-17-7-4-5-8-17;/h9-10,13,17H,3-8,11-12,14-15H2,1-2H3,(H2,21,23,24);1H. The molecule has 1 saturated carbocycles. The molecule has 0 amide bonds. The van der Waals surface area contributed by atoms with Crippen molar-refractivity contribution in [2.75, 3.05) is 19.7 Å². The Balaban J connectivity index is 0.00000261. The predicted molar refractivity (Wildman–Crippen MR) is 119 cm³/mol. The van der Waals surface area contributed by atoms with Crippen molar-refractivity contribution in [3.63, 3.8) is 0 Å². The summed E-state index contributed by atoms with van der Waals surface area (Å²) >= 11 is 0. The second-order valence-electron chi connectivity index (χ2n) is 7.48.